The Kier molecular flexibility index (Phi) is 16.6. The predicted octanol–water partition coefficient (Wildman–Crippen LogP) is 4.88. The summed E-state index contributed by atoms with van der Waals surface area (Å²) in [4.78, 5) is 0. The van der Waals surface area contributed by atoms with E-state index in [1.54, 1.807) is 0 Å². The molecule has 0 heterocycles. The van der Waals surface area contributed by atoms with Crippen molar-refractivity contribution in [3.63, 3.8) is 0 Å². The monoisotopic (exact) mass is 390 g/mol. The molecule has 0 fully saturated rings. The fraction of sp³-hybridized carbons (Fsp3) is 1.00. The van der Waals surface area contributed by atoms with Gasteiger partial charge in [0.05, 0.1) is 12.2 Å². The highest BCUT2D eigenvalue weighted by molar-refractivity contribution is 4.75. The summed E-state index contributed by atoms with van der Waals surface area (Å²) >= 11 is 0. The predicted molar refractivity (Wildman–Crippen MR) is 111 cm³/mol. The first-order chi connectivity index (χ1) is 13.0. The van der Waals surface area contributed by atoms with E-state index in [1.165, 1.54) is 0 Å². The molecule has 0 aliphatic heterocycles. The Hall–Kier alpha value is -0.200. The van der Waals surface area contributed by atoms with Crippen molar-refractivity contribution in [1.29, 1.82) is 0 Å². The molecule has 6 atom stereocenters. The van der Waals surface area contributed by atoms with Gasteiger partial charge in [0.2, 0.25) is 0 Å². The number of rotatable bonds is 18. The summed E-state index contributed by atoms with van der Waals surface area (Å²) in [6.45, 7) is 13.5. The Balaban J connectivity index is 5.37. The summed E-state index contributed by atoms with van der Waals surface area (Å²) in [6, 6.07) is 0. The number of unbranched alkanes of at least 4 members (excludes halogenated alkanes) is 2. The van der Waals surface area contributed by atoms with E-state index in [-0.39, 0.29) is 11.8 Å². The molecule has 0 bridgehead atoms. The fourth-order valence-electron chi connectivity index (χ4n) is 3.24. The maximum atomic E-state index is 10.5. The van der Waals surface area contributed by atoms with Crippen LogP contribution in [0.4, 0.5) is 0 Å². The molecule has 0 aromatic heterocycles. The second-order valence-corrected chi connectivity index (χ2v) is 7.42. The van der Waals surface area contributed by atoms with Gasteiger partial charge in [-0.15, -0.1) is 0 Å². The minimum absolute atomic E-state index is 0.111. The Morgan fingerprint density at radius 1 is 0.593 bits per heavy atom. The second-order valence-electron chi connectivity index (χ2n) is 7.42. The average molecular weight is 391 g/mol. The second kappa shape index (κ2) is 16.7. The van der Waals surface area contributed by atoms with Gasteiger partial charge in [-0.2, -0.15) is 0 Å². The summed E-state index contributed by atoms with van der Waals surface area (Å²) in [7, 11) is 0. The molecule has 0 rings (SSSR count). The van der Waals surface area contributed by atoms with Crippen LogP contribution in [-0.4, -0.2) is 48.2 Å². The lowest BCUT2D eigenvalue weighted by Gasteiger charge is -2.36. The van der Waals surface area contributed by atoms with E-state index in [1.807, 2.05) is 27.7 Å². The van der Waals surface area contributed by atoms with E-state index in [2.05, 4.69) is 13.8 Å². The van der Waals surface area contributed by atoms with Gasteiger partial charge in [-0.3, -0.25) is 0 Å². The highest BCUT2D eigenvalue weighted by atomic mass is 16.8. The lowest BCUT2D eigenvalue weighted by atomic mass is 9.95. The summed E-state index contributed by atoms with van der Waals surface area (Å²) in [5, 5.41) is 20.9. The van der Waals surface area contributed by atoms with Crippen LogP contribution in [0.3, 0.4) is 0 Å². The maximum Gasteiger partial charge on any atom is 0.165 e. The summed E-state index contributed by atoms with van der Waals surface area (Å²) in [5.74, 6) is -0.221. The van der Waals surface area contributed by atoms with Crippen LogP contribution < -0.4 is 0 Å². The van der Waals surface area contributed by atoms with Crippen LogP contribution in [0.1, 0.15) is 92.9 Å². The van der Waals surface area contributed by atoms with Crippen molar-refractivity contribution in [2.45, 2.75) is 118 Å². The van der Waals surface area contributed by atoms with Crippen LogP contribution >= 0.6 is 0 Å². The molecule has 0 radical (unpaired) electrons. The lowest BCUT2D eigenvalue weighted by Crippen LogP contribution is -2.43. The minimum atomic E-state index is -0.527. The van der Waals surface area contributed by atoms with Gasteiger partial charge >= 0.3 is 0 Å². The van der Waals surface area contributed by atoms with Gasteiger partial charge in [-0.1, -0.05) is 54.4 Å². The normalized spacial score (nSPS) is 18.7. The third-order valence-electron chi connectivity index (χ3n) is 5.30. The Labute approximate surface area is 167 Å². The topological polar surface area (TPSA) is 68.2 Å². The summed E-state index contributed by atoms with van der Waals surface area (Å²) in [5.41, 5.74) is 0. The summed E-state index contributed by atoms with van der Waals surface area (Å²) < 4.78 is 18.5. The molecule has 0 aromatic rings. The maximum absolute atomic E-state index is 10.5. The number of hydrogen-bond acceptors (Lipinski definition) is 5. The lowest BCUT2D eigenvalue weighted by molar-refractivity contribution is -0.293. The van der Waals surface area contributed by atoms with Gasteiger partial charge in [0.25, 0.3) is 0 Å². The molecule has 2 N–H and O–H groups in total. The van der Waals surface area contributed by atoms with Crippen molar-refractivity contribution < 1.29 is 24.4 Å². The van der Waals surface area contributed by atoms with Gasteiger partial charge < -0.3 is 24.4 Å². The molecule has 5 nitrogen and oxygen atoms in total. The van der Waals surface area contributed by atoms with Crippen molar-refractivity contribution in [1.82, 2.24) is 0 Å². The first-order valence-electron chi connectivity index (χ1n) is 11.2. The van der Waals surface area contributed by atoms with Crippen molar-refractivity contribution >= 4 is 0 Å². The number of hydrogen-bond donors (Lipinski definition) is 2. The average Bonchev–Trinajstić information content (AvgIpc) is 2.68. The van der Waals surface area contributed by atoms with Crippen molar-refractivity contribution in [3.8, 4) is 0 Å². The molecule has 0 amide bonds. The van der Waals surface area contributed by atoms with Crippen molar-refractivity contribution in [2.75, 3.05) is 13.2 Å². The van der Waals surface area contributed by atoms with Crippen LogP contribution in [0.15, 0.2) is 0 Å². The molecule has 0 aromatic carbocycles. The third kappa shape index (κ3) is 10.2. The zero-order valence-corrected chi connectivity index (χ0v) is 18.7. The molecule has 6 unspecified atom stereocenters. The standard InChI is InChI=1S/C22H46O5/c1-7-13-15-25-21(17(9-3)19(23)11-5)27-22(26-16-14-8-2)18(10-4)20(24)12-6/h17-24H,7-16H2,1-6H3. The van der Waals surface area contributed by atoms with E-state index in [0.29, 0.717) is 26.1 Å². The van der Waals surface area contributed by atoms with E-state index in [4.69, 9.17) is 14.2 Å². The Morgan fingerprint density at radius 2 is 0.963 bits per heavy atom. The molecule has 27 heavy (non-hydrogen) atoms. The van der Waals surface area contributed by atoms with Crippen LogP contribution in [0, 0.1) is 11.8 Å². The molecular formula is C22H46O5. The van der Waals surface area contributed by atoms with Crippen LogP contribution in [0.5, 0.6) is 0 Å². The molecule has 0 aliphatic rings. The van der Waals surface area contributed by atoms with Crippen LogP contribution in [-0.2, 0) is 14.2 Å². The SMILES string of the molecule is CCCCOC(OC(OCCCC)C(CC)C(O)CC)C(CC)C(O)CC. The van der Waals surface area contributed by atoms with E-state index in [0.717, 1.165) is 38.5 Å². The molecule has 0 aliphatic carbocycles. The van der Waals surface area contributed by atoms with E-state index < -0.39 is 24.8 Å². The smallest absolute Gasteiger partial charge is 0.165 e. The molecule has 5 heteroatoms. The first-order valence-corrected chi connectivity index (χ1v) is 11.2. The number of ether oxygens (including phenoxy) is 3. The quantitative estimate of drug-likeness (QED) is 0.258. The highest BCUT2D eigenvalue weighted by Crippen LogP contribution is 2.27. The van der Waals surface area contributed by atoms with Gasteiger partial charge in [0.15, 0.2) is 12.6 Å². The Morgan fingerprint density at radius 3 is 1.22 bits per heavy atom. The zero-order valence-electron chi connectivity index (χ0n) is 18.7. The number of aliphatic hydroxyl groups is 2. The third-order valence-corrected chi connectivity index (χ3v) is 5.30. The largest absolute Gasteiger partial charge is 0.393 e. The number of aliphatic hydroxyl groups excluding tert-OH is 2. The minimum Gasteiger partial charge on any atom is -0.393 e. The highest BCUT2D eigenvalue weighted by Gasteiger charge is 2.35. The molecule has 0 saturated heterocycles. The molecule has 164 valence electrons. The first kappa shape index (κ1) is 26.8. The van der Waals surface area contributed by atoms with Gasteiger partial charge in [0, 0.05) is 25.0 Å². The van der Waals surface area contributed by atoms with Crippen molar-refractivity contribution in [2.24, 2.45) is 11.8 Å². The Bertz CT molecular complexity index is 296. The van der Waals surface area contributed by atoms with Crippen LogP contribution in [0.25, 0.3) is 0 Å². The molecule has 0 spiro atoms. The van der Waals surface area contributed by atoms with E-state index >= 15 is 0 Å². The molecular weight excluding hydrogens is 344 g/mol. The van der Waals surface area contributed by atoms with Gasteiger partial charge in [0.1, 0.15) is 0 Å². The molecule has 0 saturated carbocycles. The van der Waals surface area contributed by atoms with Gasteiger partial charge in [-0.05, 0) is 38.5 Å². The zero-order chi connectivity index (χ0) is 20.7. The van der Waals surface area contributed by atoms with Crippen LogP contribution in [0.2, 0.25) is 0 Å². The van der Waals surface area contributed by atoms with Crippen molar-refractivity contribution in [3.05, 3.63) is 0 Å². The van der Waals surface area contributed by atoms with Gasteiger partial charge in [-0.25, -0.2) is 0 Å². The fourth-order valence-corrected chi connectivity index (χ4v) is 3.24. The summed E-state index contributed by atoms with van der Waals surface area (Å²) in [6.07, 6.45) is 4.83. The van der Waals surface area contributed by atoms with E-state index in [9.17, 15) is 10.2 Å².